The zero-order chi connectivity index (χ0) is 14.9. The monoisotopic (exact) mass is 290 g/mol. The molecule has 0 unspecified atom stereocenters. The van der Waals surface area contributed by atoms with E-state index in [1.165, 1.54) is 0 Å². The summed E-state index contributed by atoms with van der Waals surface area (Å²) in [6.45, 7) is 1.98. The maximum atomic E-state index is 5.95. The Labute approximate surface area is 127 Å². The van der Waals surface area contributed by atoms with Crippen molar-refractivity contribution in [1.82, 2.24) is 15.2 Å². The van der Waals surface area contributed by atoms with Crippen LogP contribution in [0.25, 0.3) is 22.4 Å². The number of rotatable bonds is 3. The molecule has 0 saturated carbocycles. The average molecular weight is 290 g/mol. The Hall–Kier alpha value is -3.08. The van der Waals surface area contributed by atoms with Crippen molar-refractivity contribution in [1.29, 1.82) is 0 Å². The van der Waals surface area contributed by atoms with Crippen LogP contribution in [-0.4, -0.2) is 15.2 Å². The number of aromatic nitrogens is 3. The highest BCUT2D eigenvalue weighted by molar-refractivity contribution is 6.00. The zero-order valence-corrected chi connectivity index (χ0v) is 12.0. The van der Waals surface area contributed by atoms with Crippen LogP contribution < -0.4 is 5.32 Å². The highest BCUT2D eigenvalue weighted by Crippen LogP contribution is 2.39. The summed E-state index contributed by atoms with van der Waals surface area (Å²) in [5, 5.41) is 11.5. The van der Waals surface area contributed by atoms with Gasteiger partial charge in [-0.15, -0.1) is 5.10 Å². The topological polar surface area (TPSA) is 66.7 Å². The normalized spacial score (nSPS) is 11.0. The minimum atomic E-state index is 0.592. The number of hydrogen-bond acceptors (Lipinski definition) is 4. The summed E-state index contributed by atoms with van der Waals surface area (Å²) in [5.74, 6) is 1.53. The van der Waals surface area contributed by atoms with E-state index in [1.807, 2.05) is 55.5 Å². The third-order valence-corrected chi connectivity index (χ3v) is 3.54. The Bertz CT molecular complexity index is 910. The van der Waals surface area contributed by atoms with Gasteiger partial charge in [-0.1, -0.05) is 36.4 Å². The fourth-order valence-corrected chi connectivity index (χ4v) is 2.51. The van der Waals surface area contributed by atoms with E-state index in [9.17, 15) is 0 Å². The Kier molecular flexibility index (Phi) is 2.89. The Morgan fingerprint density at radius 2 is 1.86 bits per heavy atom. The summed E-state index contributed by atoms with van der Waals surface area (Å²) in [4.78, 5) is 4.33. The second-order valence-corrected chi connectivity index (χ2v) is 5.04. The van der Waals surface area contributed by atoms with Crippen molar-refractivity contribution in [2.24, 2.45) is 0 Å². The quantitative estimate of drug-likeness (QED) is 0.591. The first kappa shape index (κ1) is 12.6. The summed E-state index contributed by atoms with van der Waals surface area (Å²) in [7, 11) is 0. The molecule has 0 radical (unpaired) electrons. The van der Waals surface area contributed by atoms with Gasteiger partial charge in [0.05, 0.1) is 11.1 Å². The largest absolute Gasteiger partial charge is 0.434 e. The van der Waals surface area contributed by atoms with Crippen molar-refractivity contribution >= 4 is 22.6 Å². The summed E-state index contributed by atoms with van der Waals surface area (Å²) in [5.41, 5.74) is 3.43. The van der Waals surface area contributed by atoms with Gasteiger partial charge in [-0.3, -0.25) is 5.10 Å². The van der Waals surface area contributed by atoms with Crippen molar-refractivity contribution in [3.05, 3.63) is 60.4 Å². The van der Waals surface area contributed by atoms with Crippen LogP contribution in [-0.2, 0) is 0 Å². The number of aryl methyl sites for hydroxylation is 1. The Morgan fingerprint density at radius 3 is 2.64 bits per heavy atom. The van der Waals surface area contributed by atoms with Gasteiger partial charge in [0.25, 0.3) is 0 Å². The molecule has 3 heterocycles. The lowest BCUT2D eigenvalue weighted by atomic mass is 10.1. The van der Waals surface area contributed by atoms with Crippen molar-refractivity contribution in [2.75, 3.05) is 5.32 Å². The molecule has 0 amide bonds. The number of benzene rings is 1. The molecular weight excluding hydrogens is 276 g/mol. The van der Waals surface area contributed by atoms with Crippen LogP contribution in [0.15, 0.2) is 59.1 Å². The van der Waals surface area contributed by atoms with Gasteiger partial charge in [-0.25, -0.2) is 4.98 Å². The van der Waals surface area contributed by atoms with E-state index in [2.05, 4.69) is 20.5 Å². The van der Waals surface area contributed by atoms with Gasteiger partial charge in [0.2, 0.25) is 5.71 Å². The number of fused-ring (bicyclic) bond motifs is 1. The van der Waals surface area contributed by atoms with Gasteiger partial charge in [-0.2, -0.15) is 0 Å². The first-order chi connectivity index (χ1) is 10.8. The van der Waals surface area contributed by atoms with Crippen LogP contribution in [0.5, 0.6) is 0 Å². The molecule has 0 spiro atoms. The van der Waals surface area contributed by atoms with E-state index in [0.29, 0.717) is 5.71 Å². The fourth-order valence-electron chi connectivity index (χ4n) is 2.51. The molecular formula is C17H14N4O. The number of furan rings is 1. The molecule has 5 nitrogen and oxygen atoms in total. The summed E-state index contributed by atoms with van der Waals surface area (Å²) in [6.07, 6.45) is 1.75. The van der Waals surface area contributed by atoms with Gasteiger partial charge in [0.1, 0.15) is 5.82 Å². The minimum absolute atomic E-state index is 0.592. The molecule has 22 heavy (non-hydrogen) atoms. The lowest BCUT2D eigenvalue weighted by molar-refractivity contribution is 0.615. The maximum Gasteiger partial charge on any atom is 0.247 e. The van der Waals surface area contributed by atoms with Crippen molar-refractivity contribution in [3.8, 4) is 11.3 Å². The first-order valence-corrected chi connectivity index (χ1v) is 7.04. The zero-order valence-electron chi connectivity index (χ0n) is 12.0. The number of nitrogens with zero attached hydrogens (tertiary/aromatic N) is 2. The second kappa shape index (κ2) is 5.04. The van der Waals surface area contributed by atoms with Crippen LogP contribution >= 0.6 is 0 Å². The second-order valence-electron chi connectivity index (χ2n) is 5.04. The number of hydrogen-bond donors (Lipinski definition) is 2. The van der Waals surface area contributed by atoms with Crippen LogP contribution in [0.3, 0.4) is 0 Å². The van der Waals surface area contributed by atoms with E-state index < -0.39 is 0 Å². The third kappa shape index (κ3) is 2.03. The molecule has 0 aliphatic heterocycles. The molecule has 5 heteroatoms. The van der Waals surface area contributed by atoms with E-state index in [4.69, 9.17) is 4.42 Å². The number of H-pyrrole nitrogens is 1. The molecule has 4 aromatic rings. The average Bonchev–Trinajstić information content (AvgIpc) is 3.10. The lowest BCUT2D eigenvalue weighted by Gasteiger charge is -2.06. The van der Waals surface area contributed by atoms with Gasteiger partial charge in [0, 0.05) is 17.5 Å². The summed E-state index contributed by atoms with van der Waals surface area (Å²) >= 11 is 0. The van der Waals surface area contributed by atoms with E-state index in [-0.39, 0.29) is 0 Å². The van der Waals surface area contributed by atoms with Crippen LogP contribution in [0.2, 0.25) is 0 Å². The first-order valence-electron chi connectivity index (χ1n) is 7.04. The minimum Gasteiger partial charge on any atom is -0.434 e. The molecule has 0 saturated heterocycles. The summed E-state index contributed by atoms with van der Waals surface area (Å²) in [6, 6.07) is 15.7. The van der Waals surface area contributed by atoms with Gasteiger partial charge in [-0.05, 0) is 19.1 Å². The molecule has 0 aliphatic carbocycles. The number of nitrogens with one attached hydrogen (secondary N) is 2. The standard InChI is InChI=1S/C17H14N4O/c1-11-14-15(19-13-9-5-6-10-18-13)16(22-17(14)21-20-11)12-7-3-2-4-8-12/h2-10H,1H3,(H,18,19)(H,20,21). The predicted octanol–water partition coefficient (Wildman–Crippen LogP) is 4.27. The van der Waals surface area contributed by atoms with Crippen LogP contribution in [0, 0.1) is 6.92 Å². The number of aromatic amines is 1. The molecule has 0 aliphatic rings. The number of pyridine rings is 1. The Balaban J connectivity index is 1.91. The van der Waals surface area contributed by atoms with Crippen molar-refractivity contribution in [2.45, 2.75) is 6.92 Å². The maximum absolute atomic E-state index is 5.95. The third-order valence-electron chi connectivity index (χ3n) is 3.54. The summed E-state index contributed by atoms with van der Waals surface area (Å²) < 4.78 is 5.95. The van der Waals surface area contributed by atoms with Crippen molar-refractivity contribution in [3.63, 3.8) is 0 Å². The predicted molar refractivity (Wildman–Crippen MR) is 86.1 cm³/mol. The van der Waals surface area contributed by atoms with Crippen molar-refractivity contribution < 1.29 is 4.42 Å². The number of anilines is 2. The van der Waals surface area contributed by atoms with Crippen LogP contribution in [0.1, 0.15) is 5.69 Å². The lowest BCUT2D eigenvalue weighted by Crippen LogP contribution is -1.94. The molecule has 108 valence electrons. The van der Waals surface area contributed by atoms with Gasteiger partial charge < -0.3 is 9.73 Å². The van der Waals surface area contributed by atoms with E-state index in [1.54, 1.807) is 6.20 Å². The molecule has 3 aromatic heterocycles. The highest BCUT2D eigenvalue weighted by atomic mass is 16.3. The van der Waals surface area contributed by atoms with Crippen LogP contribution in [0.4, 0.5) is 11.5 Å². The van der Waals surface area contributed by atoms with Gasteiger partial charge >= 0.3 is 0 Å². The molecule has 1 aromatic carbocycles. The molecule has 0 fully saturated rings. The van der Waals surface area contributed by atoms with Gasteiger partial charge in [0.15, 0.2) is 5.76 Å². The smallest absolute Gasteiger partial charge is 0.247 e. The molecule has 0 atom stereocenters. The molecule has 0 bridgehead atoms. The molecule has 2 N–H and O–H groups in total. The van der Waals surface area contributed by atoms with E-state index >= 15 is 0 Å². The molecule has 4 rings (SSSR count). The fraction of sp³-hybridized carbons (Fsp3) is 0.0588. The SMILES string of the molecule is Cc1[nH]nc2oc(-c3ccccc3)c(Nc3ccccn3)c12. The highest BCUT2D eigenvalue weighted by Gasteiger charge is 2.20. The Morgan fingerprint density at radius 1 is 1.05 bits per heavy atom. The van der Waals surface area contributed by atoms with E-state index in [0.717, 1.165) is 33.9 Å².